The highest BCUT2D eigenvalue weighted by molar-refractivity contribution is 5.88. The Kier molecular flexibility index (Phi) is 3.39. The molecular weight excluding hydrogens is 244 g/mol. The molecule has 0 unspecified atom stereocenters. The molecule has 3 aromatic rings. The average molecular weight is 258 g/mol. The van der Waals surface area contributed by atoms with E-state index >= 15 is 0 Å². The Bertz CT molecular complexity index is 784. The van der Waals surface area contributed by atoms with Crippen LogP contribution in [0.15, 0.2) is 66.7 Å². The van der Waals surface area contributed by atoms with Gasteiger partial charge in [-0.1, -0.05) is 48.2 Å². The van der Waals surface area contributed by atoms with Gasteiger partial charge in [-0.2, -0.15) is 0 Å². The van der Waals surface area contributed by atoms with E-state index in [9.17, 15) is 0 Å². The van der Waals surface area contributed by atoms with Gasteiger partial charge in [-0.15, -0.1) is 0 Å². The Hall–Kier alpha value is -2.72. The van der Waals surface area contributed by atoms with Gasteiger partial charge >= 0.3 is 0 Å². The van der Waals surface area contributed by atoms with Crippen molar-refractivity contribution in [3.05, 3.63) is 77.9 Å². The molecule has 0 saturated carbocycles. The van der Waals surface area contributed by atoms with Crippen LogP contribution in [0.25, 0.3) is 10.8 Å². The molecule has 1 nitrogen and oxygen atoms in total. The lowest BCUT2D eigenvalue weighted by atomic mass is 10.0. The minimum Gasteiger partial charge on any atom is -0.497 e. The summed E-state index contributed by atoms with van der Waals surface area (Å²) < 4.78 is 5.14. The van der Waals surface area contributed by atoms with Crippen molar-refractivity contribution in [3.8, 4) is 17.6 Å². The van der Waals surface area contributed by atoms with E-state index in [-0.39, 0.29) is 0 Å². The summed E-state index contributed by atoms with van der Waals surface area (Å²) >= 11 is 0. The maximum atomic E-state index is 5.14. The molecule has 0 N–H and O–H groups in total. The van der Waals surface area contributed by atoms with E-state index in [1.54, 1.807) is 7.11 Å². The quantitative estimate of drug-likeness (QED) is 0.593. The summed E-state index contributed by atoms with van der Waals surface area (Å²) in [4.78, 5) is 0. The lowest BCUT2D eigenvalue weighted by Gasteiger charge is -2.00. The van der Waals surface area contributed by atoms with Crippen molar-refractivity contribution >= 4 is 10.8 Å². The molecular formula is C19H14O. The van der Waals surface area contributed by atoms with Gasteiger partial charge in [0.25, 0.3) is 0 Å². The van der Waals surface area contributed by atoms with Crippen molar-refractivity contribution in [2.24, 2.45) is 0 Å². The molecule has 96 valence electrons. The van der Waals surface area contributed by atoms with Gasteiger partial charge in [0.15, 0.2) is 0 Å². The monoisotopic (exact) mass is 258 g/mol. The molecule has 0 aliphatic heterocycles. The molecule has 0 spiro atoms. The SMILES string of the molecule is COc1ccc(C#Cc2cccc3ccccc23)cc1. The molecule has 0 aliphatic carbocycles. The molecule has 0 saturated heterocycles. The molecule has 0 radical (unpaired) electrons. The second-order valence-electron chi connectivity index (χ2n) is 4.51. The van der Waals surface area contributed by atoms with E-state index in [0.717, 1.165) is 16.9 Å². The first-order valence-corrected chi connectivity index (χ1v) is 6.51. The minimum absolute atomic E-state index is 0.848. The summed E-state index contributed by atoms with van der Waals surface area (Å²) in [7, 11) is 1.66. The Morgan fingerprint density at radius 3 is 2.30 bits per heavy atom. The number of fused-ring (bicyclic) bond motifs is 1. The molecule has 20 heavy (non-hydrogen) atoms. The number of hydrogen-bond acceptors (Lipinski definition) is 1. The zero-order valence-corrected chi connectivity index (χ0v) is 11.3. The summed E-state index contributed by atoms with van der Waals surface area (Å²) in [6, 6.07) is 22.3. The highest BCUT2D eigenvalue weighted by Crippen LogP contribution is 2.17. The summed E-state index contributed by atoms with van der Waals surface area (Å²) in [5.41, 5.74) is 2.04. The standard InChI is InChI=1S/C19H14O/c1-20-18-13-10-15(11-14-18)9-12-17-7-4-6-16-5-2-3-8-19(16)17/h2-8,10-11,13-14H,1H3. The van der Waals surface area contributed by atoms with Crippen LogP contribution >= 0.6 is 0 Å². The van der Waals surface area contributed by atoms with E-state index < -0.39 is 0 Å². The third kappa shape index (κ3) is 2.50. The maximum absolute atomic E-state index is 5.14. The van der Waals surface area contributed by atoms with Gasteiger partial charge < -0.3 is 4.74 Å². The van der Waals surface area contributed by atoms with Crippen LogP contribution in [0.4, 0.5) is 0 Å². The minimum atomic E-state index is 0.848. The van der Waals surface area contributed by atoms with Crippen LogP contribution < -0.4 is 4.74 Å². The van der Waals surface area contributed by atoms with Crippen LogP contribution in [0.1, 0.15) is 11.1 Å². The molecule has 0 fully saturated rings. The summed E-state index contributed by atoms with van der Waals surface area (Å²) in [5, 5.41) is 2.41. The van der Waals surface area contributed by atoms with Crippen molar-refractivity contribution in [2.45, 2.75) is 0 Å². The normalized spacial score (nSPS) is 9.85. The van der Waals surface area contributed by atoms with E-state index in [4.69, 9.17) is 4.74 Å². The van der Waals surface area contributed by atoms with Crippen molar-refractivity contribution in [1.29, 1.82) is 0 Å². The third-order valence-corrected chi connectivity index (χ3v) is 3.22. The molecule has 0 bridgehead atoms. The number of methoxy groups -OCH3 is 1. The van der Waals surface area contributed by atoms with Crippen molar-refractivity contribution in [3.63, 3.8) is 0 Å². The molecule has 3 rings (SSSR count). The Labute approximate surface area is 118 Å². The van der Waals surface area contributed by atoms with Crippen LogP contribution in [0, 0.1) is 11.8 Å². The third-order valence-electron chi connectivity index (χ3n) is 3.22. The van der Waals surface area contributed by atoms with E-state index in [0.29, 0.717) is 0 Å². The highest BCUT2D eigenvalue weighted by atomic mass is 16.5. The van der Waals surface area contributed by atoms with Gasteiger partial charge in [-0.05, 0) is 41.1 Å². The van der Waals surface area contributed by atoms with Crippen LogP contribution in [-0.4, -0.2) is 7.11 Å². The van der Waals surface area contributed by atoms with Gasteiger partial charge in [-0.25, -0.2) is 0 Å². The van der Waals surface area contributed by atoms with Gasteiger partial charge in [0.1, 0.15) is 5.75 Å². The Balaban J connectivity index is 1.99. The number of rotatable bonds is 1. The molecule has 0 aliphatic rings. The maximum Gasteiger partial charge on any atom is 0.118 e. The zero-order chi connectivity index (χ0) is 13.8. The first-order valence-electron chi connectivity index (χ1n) is 6.51. The second-order valence-corrected chi connectivity index (χ2v) is 4.51. The van der Waals surface area contributed by atoms with Gasteiger partial charge in [-0.3, -0.25) is 0 Å². The highest BCUT2D eigenvalue weighted by Gasteiger charge is 1.96. The second kappa shape index (κ2) is 5.50. The number of benzene rings is 3. The fourth-order valence-corrected chi connectivity index (χ4v) is 2.15. The predicted molar refractivity (Wildman–Crippen MR) is 82.9 cm³/mol. The average Bonchev–Trinajstić information content (AvgIpc) is 2.53. The van der Waals surface area contributed by atoms with Crippen molar-refractivity contribution < 1.29 is 4.74 Å². The van der Waals surface area contributed by atoms with Crippen molar-refractivity contribution in [2.75, 3.05) is 7.11 Å². The predicted octanol–water partition coefficient (Wildman–Crippen LogP) is 4.25. The molecule has 0 heterocycles. The largest absolute Gasteiger partial charge is 0.497 e. The van der Waals surface area contributed by atoms with Crippen molar-refractivity contribution in [1.82, 2.24) is 0 Å². The zero-order valence-electron chi connectivity index (χ0n) is 11.3. The van der Waals surface area contributed by atoms with Crippen LogP contribution in [0.5, 0.6) is 5.75 Å². The van der Waals surface area contributed by atoms with Gasteiger partial charge in [0, 0.05) is 11.1 Å². The Morgan fingerprint density at radius 2 is 1.50 bits per heavy atom. The van der Waals surface area contributed by atoms with Crippen LogP contribution in [-0.2, 0) is 0 Å². The fourth-order valence-electron chi connectivity index (χ4n) is 2.15. The summed E-state index contributed by atoms with van der Waals surface area (Å²) in [6.45, 7) is 0. The van der Waals surface area contributed by atoms with Gasteiger partial charge in [0.05, 0.1) is 7.11 Å². The molecule has 3 aromatic carbocycles. The van der Waals surface area contributed by atoms with Gasteiger partial charge in [0.2, 0.25) is 0 Å². The number of ether oxygens (including phenoxy) is 1. The number of hydrogen-bond donors (Lipinski definition) is 0. The van der Waals surface area contributed by atoms with E-state index in [2.05, 4.69) is 36.1 Å². The molecule has 0 atom stereocenters. The van der Waals surface area contributed by atoms with Crippen LogP contribution in [0.2, 0.25) is 0 Å². The first kappa shape index (κ1) is 12.3. The van der Waals surface area contributed by atoms with E-state index in [1.807, 2.05) is 42.5 Å². The molecule has 1 heteroatoms. The smallest absolute Gasteiger partial charge is 0.118 e. The lowest BCUT2D eigenvalue weighted by Crippen LogP contribution is -1.82. The van der Waals surface area contributed by atoms with E-state index in [1.165, 1.54) is 10.8 Å². The summed E-state index contributed by atoms with van der Waals surface area (Å²) in [5.74, 6) is 7.30. The fraction of sp³-hybridized carbons (Fsp3) is 0.0526. The Morgan fingerprint density at radius 1 is 0.750 bits per heavy atom. The van der Waals surface area contributed by atoms with Crippen LogP contribution in [0.3, 0.4) is 0 Å². The molecule has 0 amide bonds. The molecule has 0 aromatic heterocycles. The lowest BCUT2D eigenvalue weighted by molar-refractivity contribution is 0.415. The summed E-state index contributed by atoms with van der Waals surface area (Å²) in [6.07, 6.45) is 0. The topological polar surface area (TPSA) is 9.23 Å². The first-order chi connectivity index (χ1) is 9.86.